The van der Waals surface area contributed by atoms with Gasteiger partial charge in [-0.1, -0.05) is 6.07 Å². The number of carbonyl (C=O) groups is 1. The molecular weight excluding hydrogens is 408 g/mol. The third kappa shape index (κ3) is 3.91. The van der Waals surface area contributed by atoms with E-state index in [1.54, 1.807) is 27.9 Å². The highest BCUT2D eigenvalue weighted by atomic mass is 16.4. The molecule has 5 rings (SSSR count). The zero-order valence-electron chi connectivity index (χ0n) is 17.2. The number of likely N-dealkylation sites (tertiary alicyclic amines) is 1. The zero-order chi connectivity index (χ0) is 22.1. The van der Waals surface area contributed by atoms with Crippen LogP contribution in [0.3, 0.4) is 0 Å². The molecule has 3 aromatic rings. The second-order valence-electron chi connectivity index (χ2n) is 8.14. The van der Waals surface area contributed by atoms with Crippen LogP contribution in [-0.4, -0.2) is 49.4 Å². The summed E-state index contributed by atoms with van der Waals surface area (Å²) in [5.74, 6) is 0.0406. The van der Waals surface area contributed by atoms with Gasteiger partial charge in [0.05, 0.1) is 24.2 Å². The lowest BCUT2D eigenvalue weighted by Gasteiger charge is -2.17. The van der Waals surface area contributed by atoms with E-state index in [4.69, 9.17) is 4.42 Å². The van der Waals surface area contributed by atoms with Gasteiger partial charge in [-0.3, -0.25) is 9.48 Å². The van der Waals surface area contributed by atoms with Crippen molar-refractivity contribution >= 4 is 5.91 Å². The Bertz CT molecular complexity index is 1220. The van der Waals surface area contributed by atoms with E-state index in [0.717, 1.165) is 18.4 Å². The van der Waals surface area contributed by atoms with Gasteiger partial charge in [0.1, 0.15) is 0 Å². The van der Waals surface area contributed by atoms with Crippen LogP contribution in [0.4, 0.5) is 0 Å². The van der Waals surface area contributed by atoms with Gasteiger partial charge in [0.2, 0.25) is 5.89 Å². The predicted molar refractivity (Wildman–Crippen MR) is 111 cm³/mol. The van der Waals surface area contributed by atoms with Crippen molar-refractivity contribution in [2.24, 2.45) is 0 Å². The topological polar surface area (TPSA) is 137 Å². The van der Waals surface area contributed by atoms with E-state index < -0.39 is 5.91 Å². The maximum Gasteiger partial charge on any atom is 0.309 e. The number of rotatable bonds is 6. The minimum atomic E-state index is -0.476. The number of hydrogen-bond acceptors (Lipinski definition) is 8. The Kier molecular flexibility index (Phi) is 5.04. The fourth-order valence-corrected chi connectivity index (χ4v) is 4.17. The van der Waals surface area contributed by atoms with Gasteiger partial charge in [0.15, 0.2) is 6.19 Å². The summed E-state index contributed by atoms with van der Waals surface area (Å²) in [4.78, 5) is 14.4. The highest BCUT2D eigenvalue weighted by Gasteiger charge is 2.34. The number of amides is 1. The average molecular weight is 428 g/mol. The largest absolute Gasteiger partial charge is 0.412 e. The molecule has 0 bridgehead atoms. The molecule has 32 heavy (non-hydrogen) atoms. The van der Waals surface area contributed by atoms with Crippen molar-refractivity contribution in [3.8, 4) is 23.7 Å². The van der Waals surface area contributed by atoms with Gasteiger partial charge in [-0.2, -0.15) is 15.6 Å². The van der Waals surface area contributed by atoms with Gasteiger partial charge in [-0.05, 0) is 48.9 Å². The van der Waals surface area contributed by atoms with Crippen molar-refractivity contribution in [1.82, 2.24) is 30.2 Å². The lowest BCUT2D eigenvalue weighted by molar-refractivity contribution is 0.0904. The quantitative estimate of drug-likeness (QED) is 0.589. The maximum atomic E-state index is 12.7. The minimum Gasteiger partial charge on any atom is -0.412 e. The van der Waals surface area contributed by atoms with Crippen molar-refractivity contribution in [1.29, 1.82) is 10.5 Å². The number of aromatic nitrogens is 4. The molecule has 1 amide bonds. The number of nitriles is 2. The van der Waals surface area contributed by atoms with Gasteiger partial charge >= 0.3 is 11.8 Å². The molecule has 1 N–H and O–H groups in total. The highest BCUT2D eigenvalue weighted by molar-refractivity contribution is 5.90. The number of nitrogens with one attached hydrogen (secondary N) is 1. The molecule has 2 aliphatic rings. The molecule has 1 aliphatic heterocycles. The molecule has 0 spiro atoms. The second-order valence-corrected chi connectivity index (χ2v) is 8.14. The van der Waals surface area contributed by atoms with Gasteiger partial charge in [0, 0.05) is 30.5 Å². The highest BCUT2D eigenvalue weighted by Crippen LogP contribution is 2.44. The first-order valence-corrected chi connectivity index (χ1v) is 10.5. The molecule has 1 aliphatic carbocycles. The van der Waals surface area contributed by atoms with Crippen LogP contribution in [-0.2, 0) is 6.54 Å². The van der Waals surface area contributed by atoms with Gasteiger partial charge in [-0.15, -0.1) is 10.2 Å². The maximum absolute atomic E-state index is 12.7. The summed E-state index contributed by atoms with van der Waals surface area (Å²) in [6.45, 7) is 0.974. The molecule has 2 fully saturated rings. The Balaban J connectivity index is 1.29. The average Bonchev–Trinajstić information content (AvgIpc) is 3.18. The van der Waals surface area contributed by atoms with Crippen molar-refractivity contribution in [3.63, 3.8) is 0 Å². The fraction of sp³-hybridized carbons (Fsp3) is 0.364. The number of nitrogens with zero attached hydrogens (tertiary/aromatic N) is 7. The first-order chi connectivity index (χ1) is 15.6. The lowest BCUT2D eigenvalue weighted by Crippen LogP contribution is -2.36. The smallest absolute Gasteiger partial charge is 0.309 e. The predicted octanol–water partition coefficient (Wildman–Crippen LogP) is 2.04. The molecular formula is C22H20N8O2. The summed E-state index contributed by atoms with van der Waals surface area (Å²) in [6, 6.07) is 9.11. The molecule has 160 valence electrons. The summed E-state index contributed by atoms with van der Waals surface area (Å²) in [6.07, 6.45) is 8.50. The van der Waals surface area contributed by atoms with Gasteiger partial charge in [0.25, 0.3) is 0 Å². The first-order valence-electron chi connectivity index (χ1n) is 10.5. The molecule has 0 radical (unpaired) electrons. The normalized spacial score (nSPS) is 20.0. The Morgan fingerprint density at radius 3 is 2.88 bits per heavy atom. The number of benzene rings is 1. The molecule has 3 heterocycles. The zero-order valence-corrected chi connectivity index (χ0v) is 17.2. The van der Waals surface area contributed by atoms with E-state index in [9.17, 15) is 15.3 Å². The summed E-state index contributed by atoms with van der Waals surface area (Å²) in [5, 5.41) is 33.8. The van der Waals surface area contributed by atoms with E-state index in [0.29, 0.717) is 36.6 Å². The monoisotopic (exact) mass is 428 g/mol. The summed E-state index contributed by atoms with van der Waals surface area (Å²) in [5.41, 5.74) is 2.26. The first kappa shape index (κ1) is 19.8. The van der Waals surface area contributed by atoms with E-state index in [2.05, 4.69) is 32.9 Å². The van der Waals surface area contributed by atoms with E-state index in [1.165, 1.54) is 0 Å². The molecule has 1 saturated heterocycles. The summed E-state index contributed by atoms with van der Waals surface area (Å²) >= 11 is 0. The molecule has 0 unspecified atom stereocenters. The molecule has 2 atom stereocenters. The Morgan fingerprint density at radius 2 is 2.16 bits per heavy atom. The van der Waals surface area contributed by atoms with Crippen LogP contribution in [0.25, 0.3) is 11.5 Å². The van der Waals surface area contributed by atoms with Gasteiger partial charge in [-0.25, -0.2) is 0 Å². The number of hydrogen-bond donors (Lipinski definition) is 1. The summed E-state index contributed by atoms with van der Waals surface area (Å²) < 4.78 is 7.46. The van der Waals surface area contributed by atoms with Crippen molar-refractivity contribution < 1.29 is 9.21 Å². The molecule has 10 nitrogen and oxygen atoms in total. The molecule has 1 saturated carbocycles. The SMILES string of the molecule is N#Cc1ccc(C2CC2)c(-c2nnc(C(=O)N[C@@H]3C[C@@H](Cn4cccn4)N(C#N)C3)o2)c1. The molecule has 10 heteroatoms. The van der Waals surface area contributed by atoms with Crippen LogP contribution in [0, 0.1) is 22.8 Å². The fourth-order valence-electron chi connectivity index (χ4n) is 4.17. The molecule has 2 aromatic heterocycles. The Labute approximate surface area is 184 Å². The van der Waals surface area contributed by atoms with Crippen molar-refractivity contribution in [2.75, 3.05) is 6.54 Å². The van der Waals surface area contributed by atoms with Crippen LogP contribution < -0.4 is 5.32 Å². The van der Waals surface area contributed by atoms with Crippen LogP contribution in [0.2, 0.25) is 0 Å². The Morgan fingerprint density at radius 1 is 1.28 bits per heavy atom. The number of carbonyl (C=O) groups excluding carboxylic acids is 1. The van der Waals surface area contributed by atoms with E-state index in [-0.39, 0.29) is 23.9 Å². The Hall–Kier alpha value is -4.18. The van der Waals surface area contributed by atoms with Crippen molar-refractivity contribution in [3.05, 3.63) is 53.7 Å². The second kappa shape index (κ2) is 8.16. The van der Waals surface area contributed by atoms with Crippen molar-refractivity contribution in [2.45, 2.75) is 43.8 Å². The third-order valence-corrected chi connectivity index (χ3v) is 5.88. The summed E-state index contributed by atoms with van der Waals surface area (Å²) in [7, 11) is 0. The van der Waals surface area contributed by atoms with Crippen LogP contribution in [0.5, 0.6) is 0 Å². The van der Waals surface area contributed by atoms with Crippen LogP contribution in [0.1, 0.15) is 47.0 Å². The van der Waals surface area contributed by atoms with E-state index in [1.807, 2.05) is 18.3 Å². The van der Waals surface area contributed by atoms with E-state index >= 15 is 0 Å². The van der Waals surface area contributed by atoms with Crippen LogP contribution in [0.15, 0.2) is 41.1 Å². The molecule has 1 aromatic carbocycles. The van der Waals surface area contributed by atoms with Crippen LogP contribution >= 0.6 is 0 Å². The standard InChI is InChI=1S/C22H20N8O2/c23-10-14-2-5-18(15-3-4-15)19(8-14)21-27-28-22(32-21)20(31)26-16-9-17(29(11-16)13-24)12-30-7-1-6-25-30/h1-2,5-8,15-17H,3-4,9,11-12H2,(H,26,31)/t16-,17+/m1/s1. The minimum absolute atomic E-state index is 0.0572. The lowest BCUT2D eigenvalue weighted by atomic mass is 10.0. The van der Waals surface area contributed by atoms with Gasteiger partial charge < -0.3 is 14.6 Å². The third-order valence-electron chi connectivity index (χ3n) is 5.88.